The number of fused-ring (bicyclic) bond motifs is 2. The van der Waals surface area contributed by atoms with Gasteiger partial charge in [0.05, 0.1) is 11.1 Å². The lowest BCUT2D eigenvalue weighted by molar-refractivity contribution is -0.118. The van der Waals surface area contributed by atoms with Crippen molar-refractivity contribution in [1.82, 2.24) is 14.9 Å². The normalized spacial score (nSPS) is 12.3. The summed E-state index contributed by atoms with van der Waals surface area (Å²) in [7, 11) is 0. The molecular formula is C21H21N3O4S2. The molecular weight excluding hydrogens is 422 g/mol. The van der Waals surface area contributed by atoms with Gasteiger partial charge in [0.15, 0.2) is 16.7 Å². The smallest absolute Gasteiger partial charge is 0.263 e. The van der Waals surface area contributed by atoms with E-state index in [9.17, 15) is 9.59 Å². The van der Waals surface area contributed by atoms with Crippen molar-refractivity contribution in [1.29, 1.82) is 0 Å². The Hall–Kier alpha value is -2.78. The predicted octanol–water partition coefficient (Wildman–Crippen LogP) is 3.40. The van der Waals surface area contributed by atoms with Gasteiger partial charge in [-0.25, -0.2) is 4.98 Å². The average Bonchev–Trinajstić information content (AvgIpc) is 3.31. The highest BCUT2D eigenvalue weighted by molar-refractivity contribution is 7.99. The van der Waals surface area contributed by atoms with Crippen molar-refractivity contribution >= 4 is 39.2 Å². The Morgan fingerprint density at radius 2 is 2.17 bits per heavy atom. The van der Waals surface area contributed by atoms with E-state index in [1.807, 2.05) is 32.0 Å². The molecule has 0 spiro atoms. The second-order valence-corrected chi connectivity index (χ2v) is 8.96. The molecule has 0 atom stereocenters. The van der Waals surface area contributed by atoms with Crippen LogP contribution in [0.5, 0.6) is 11.5 Å². The zero-order chi connectivity index (χ0) is 21.3. The third-order valence-corrected chi connectivity index (χ3v) is 6.90. The summed E-state index contributed by atoms with van der Waals surface area (Å²) in [5.41, 5.74) is 1.79. The number of benzene rings is 1. The number of rotatable bonds is 7. The van der Waals surface area contributed by atoms with Gasteiger partial charge in [-0.1, -0.05) is 23.9 Å². The van der Waals surface area contributed by atoms with E-state index in [-0.39, 0.29) is 24.0 Å². The van der Waals surface area contributed by atoms with E-state index in [1.54, 1.807) is 10.6 Å². The fraction of sp³-hybridized carbons (Fsp3) is 0.286. The molecule has 1 N–H and O–H groups in total. The average molecular weight is 444 g/mol. The maximum atomic E-state index is 13.0. The molecule has 9 heteroatoms. The van der Waals surface area contributed by atoms with Crippen LogP contribution in [-0.2, 0) is 17.9 Å². The van der Waals surface area contributed by atoms with Gasteiger partial charge in [-0.05, 0) is 37.1 Å². The van der Waals surface area contributed by atoms with Crippen molar-refractivity contribution < 1.29 is 14.3 Å². The van der Waals surface area contributed by atoms with Crippen LogP contribution >= 0.6 is 23.1 Å². The van der Waals surface area contributed by atoms with E-state index in [4.69, 9.17) is 9.47 Å². The summed E-state index contributed by atoms with van der Waals surface area (Å²) in [6.07, 6.45) is 1.66. The van der Waals surface area contributed by atoms with Crippen LogP contribution in [0.4, 0.5) is 0 Å². The number of allylic oxidation sites excluding steroid dienone is 1. The minimum Gasteiger partial charge on any atom is -0.454 e. The van der Waals surface area contributed by atoms with Crippen molar-refractivity contribution in [3.8, 4) is 11.5 Å². The van der Waals surface area contributed by atoms with Crippen molar-refractivity contribution in [3.05, 3.63) is 57.2 Å². The van der Waals surface area contributed by atoms with Crippen LogP contribution < -0.4 is 20.3 Å². The van der Waals surface area contributed by atoms with Crippen LogP contribution in [0.25, 0.3) is 10.2 Å². The molecule has 30 heavy (non-hydrogen) atoms. The maximum Gasteiger partial charge on any atom is 0.263 e. The summed E-state index contributed by atoms with van der Waals surface area (Å²) < 4.78 is 12.2. The topological polar surface area (TPSA) is 82.5 Å². The van der Waals surface area contributed by atoms with Crippen LogP contribution in [-0.4, -0.2) is 28.0 Å². The second-order valence-electron chi connectivity index (χ2n) is 6.82. The maximum absolute atomic E-state index is 13.0. The van der Waals surface area contributed by atoms with E-state index in [0.717, 1.165) is 16.0 Å². The summed E-state index contributed by atoms with van der Waals surface area (Å²) in [5, 5.41) is 4.06. The first-order valence-electron chi connectivity index (χ1n) is 9.37. The molecule has 0 bridgehead atoms. The Labute approximate surface area is 181 Å². The first-order chi connectivity index (χ1) is 14.5. The minimum absolute atomic E-state index is 0.0926. The number of amides is 1. The highest BCUT2D eigenvalue weighted by Crippen LogP contribution is 2.32. The van der Waals surface area contributed by atoms with Crippen LogP contribution in [0, 0.1) is 13.8 Å². The Kier molecular flexibility index (Phi) is 5.83. The molecule has 0 aliphatic carbocycles. The summed E-state index contributed by atoms with van der Waals surface area (Å²) in [6.45, 7) is 8.60. The molecule has 0 unspecified atom stereocenters. The molecule has 0 saturated carbocycles. The van der Waals surface area contributed by atoms with E-state index in [0.29, 0.717) is 40.0 Å². The number of carbonyl (C=O) groups is 1. The summed E-state index contributed by atoms with van der Waals surface area (Å²) in [6, 6.07) is 5.57. The monoisotopic (exact) mass is 443 g/mol. The molecule has 1 aromatic carbocycles. The first kappa shape index (κ1) is 20.5. The number of ether oxygens (including phenoxy) is 2. The van der Waals surface area contributed by atoms with E-state index < -0.39 is 0 Å². The highest BCUT2D eigenvalue weighted by atomic mass is 32.2. The first-order valence-corrected chi connectivity index (χ1v) is 11.2. The zero-order valence-corrected chi connectivity index (χ0v) is 18.3. The molecule has 0 saturated heterocycles. The van der Waals surface area contributed by atoms with E-state index in [2.05, 4.69) is 16.9 Å². The summed E-state index contributed by atoms with van der Waals surface area (Å²) in [5.74, 6) is 1.41. The van der Waals surface area contributed by atoms with Crippen molar-refractivity contribution in [2.45, 2.75) is 32.1 Å². The van der Waals surface area contributed by atoms with Crippen molar-refractivity contribution in [2.75, 3.05) is 12.5 Å². The van der Waals surface area contributed by atoms with Crippen LogP contribution in [0.2, 0.25) is 0 Å². The molecule has 2 aromatic heterocycles. The van der Waals surface area contributed by atoms with Crippen LogP contribution in [0.1, 0.15) is 16.0 Å². The molecule has 4 rings (SSSR count). The molecule has 1 amide bonds. The molecule has 1 aliphatic heterocycles. The summed E-state index contributed by atoms with van der Waals surface area (Å²) >= 11 is 2.75. The molecule has 3 heterocycles. The number of hydrogen-bond acceptors (Lipinski definition) is 7. The Morgan fingerprint density at radius 1 is 1.37 bits per heavy atom. The van der Waals surface area contributed by atoms with E-state index >= 15 is 0 Å². The molecule has 1 aliphatic rings. The molecule has 3 aromatic rings. The second kappa shape index (κ2) is 8.53. The number of carbonyl (C=O) groups excluding carboxylic acids is 1. The lowest BCUT2D eigenvalue weighted by Gasteiger charge is -2.10. The van der Waals surface area contributed by atoms with Gasteiger partial charge in [0.25, 0.3) is 5.56 Å². The van der Waals surface area contributed by atoms with Gasteiger partial charge in [-0.3, -0.25) is 14.2 Å². The standard InChI is InChI=1S/C21H21N3O4S2/c1-4-7-24-20(26)18-12(2)13(3)30-19(18)23-21(24)29-10-17(25)22-9-14-5-6-15-16(8-14)28-11-27-15/h4-6,8H,1,7,9-11H2,2-3H3,(H,22,25). The Bertz CT molecular complexity index is 1200. The van der Waals surface area contributed by atoms with Crippen LogP contribution in [0.15, 0.2) is 40.8 Å². The predicted molar refractivity (Wildman–Crippen MR) is 119 cm³/mol. The SMILES string of the molecule is C=CCn1c(SCC(=O)NCc2ccc3c(c2)OCO3)nc2sc(C)c(C)c2c1=O. The number of thioether (sulfide) groups is 1. The number of nitrogens with one attached hydrogen (secondary N) is 1. The third-order valence-electron chi connectivity index (χ3n) is 4.82. The lowest BCUT2D eigenvalue weighted by atomic mass is 10.2. The van der Waals surface area contributed by atoms with Gasteiger partial charge < -0.3 is 14.8 Å². The number of thiophene rings is 1. The fourth-order valence-electron chi connectivity index (χ4n) is 3.14. The largest absolute Gasteiger partial charge is 0.454 e. The Morgan fingerprint density at radius 3 is 2.97 bits per heavy atom. The molecule has 0 radical (unpaired) electrons. The Balaban J connectivity index is 1.46. The van der Waals surface area contributed by atoms with Crippen molar-refractivity contribution in [3.63, 3.8) is 0 Å². The number of hydrogen-bond donors (Lipinski definition) is 1. The zero-order valence-electron chi connectivity index (χ0n) is 16.7. The van der Waals surface area contributed by atoms with E-state index in [1.165, 1.54) is 23.1 Å². The minimum atomic E-state index is -0.143. The number of nitrogens with zero attached hydrogens (tertiary/aromatic N) is 2. The lowest BCUT2D eigenvalue weighted by Crippen LogP contribution is -2.26. The van der Waals surface area contributed by atoms with Crippen LogP contribution in [0.3, 0.4) is 0 Å². The summed E-state index contributed by atoms with van der Waals surface area (Å²) in [4.78, 5) is 31.8. The van der Waals surface area contributed by atoms with Gasteiger partial charge in [0.2, 0.25) is 12.7 Å². The van der Waals surface area contributed by atoms with Gasteiger partial charge in [0, 0.05) is 18.0 Å². The number of aryl methyl sites for hydroxylation is 2. The van der Waals surface area contributed by atoms with Gasteiger partial charge in [-0.15, -0.1) is 17.9 Å². The third kappa shape index (κ3) is 3.95. The molecule has 0 fully saturated rings. The quantitative estimate of drug-likeness (QED) is 0.342. The highest BCUT2D eigenvalue weighted by Gasteiger charge is 2.17. The molecule has 156 valence electrons. The molecule has 7 nitrogen and oxygen atoms in total. The van der Waals surface area contributed by atoms with Crippen molar-refractivity contribution in [2.24, 2.45) is 0 Å². The van der Waals surface area contributed by atoms with Gasteiger partial charge >= 0.3 is 0 Å². The fourth-order valence-corrected chi connectivity index (χ4v) is 5.05. The van der Waals surface area contributed by atoms with Gasteiger partial charge in [0.1, 0.15) is 4.83 Å². The number of aromatic nitrogens is 2. The van der Waals surface area contributed by atoms with Gasteiger partial charge in [-0.2, -0.15) is 0 Å².